The van der Waals surface area contributed by atoms with E-state index in [0.717, 1.165) is 15.6 Å². The Morgan fingerprint density at radius 2 is 1.96 bits per heavy atom. The summed E-state index contributed by atoms with van der Waals surface area (Å²) in [5.74, 6) is 1.03. The number of hydrogen-bond donors (Lipinski definition) is 1. The lowest BCUT2D eigenvalue weighted by Gasteiger charge is -2.00. The van der Waals surface area contributed by atoms with Crippen molar-refractivity contribution < 1.29 is 9.21 Å². The number of carbonyl (C=O) groups is 1. The second-order valence-corrected chi connectivity index (χ2v) is 6.66. The van der Waals surface area contributed by atoms with Gasteiger partial charge in [0, 0.05) is 15.1 Å². The molecule has 0 radical (unpaired) electrons. The van der Waals surface area contributed by atoms with Crippen molar-refractivity contribution in [2.45, 2.75) is 6.42 Å². The number of hydrogen-bond acceptors (Lipinski definition) is 3. The SMILES string of the molecule is O=C(Cc1ccc(Br)cc1)N/N=C\c1ccc(-c2cccc(Cl)c2)o1. The van der Waals surface area contributed by atoms with Gasteiger partial charge in [0.1, 0.15) is 11.5 Å². The summed E-state index contributed by atoms with van der Waals surface area (Å²) in [6.45, 7) is 0. The van der Waals surface area contributed by atoms with E-state index in [2.05, 4.69) is 26.5 Å². The molecule has 25 heavy (non-hydrogen) atoms. The third-order valence-corrected chi connectivity index (χ3v) is 4.16. The Morgan fingerprint density at radius 3 is 2.72 bits per heavy atom. The number of carbonyl (C=O) groups excluding carboxylic acids is 1. The molecular formula is C19H14BrClN2O2. The largest absolute Gasteiger partial charge is 0.455 e. The van der Waals surface area contributed by atoms with Crippen LogP contribution in [-0.4, -0.2) is 12.1 Å². The van der Waals surface area contributed by atoms with Crippen LogP contribution in [0.4, 0.5) is 0 Å². The predicted octanol–water partition coefficient (Wildman–Crippen LogP) is 5.06. The Labute approximate surface area is 158 Å². The first-order chi connectivity index (χ1) is 12.1. The molecule has 0 unspecified atom stereocenters. The van der Waals surface area contributed by atoms with Gasteiger partial charge in [-0.1, -0.05) is 51.8 Å². The van der Waals surface area contributed by atoms with Crippen molar-refractivity contribution in [3.8, 4) is 11.3 Å². The molecule has 1 N–H and O–H groups in total. The maximum atomic E-state index is 11.9. The highest BCUT2D eigenvalue weighted by Gasteiger charge is 2.05. The van der Waals surface area contributed by atoms with Gasteiger partial charge in [-0.05, 0) is 42.0 Å². The first kappa shape index (κ1) is 17.5. The molecule has 0 aliphatic carbocycles. The molecule has 126 valence electrons. The Hall–Kier alpha value is -2.37. The van der Waals surface area contributed by atoms with Gasteiger partial charge in [-0.15, -0.1) is 0 Å². The van der Waals surface area contributed by atoms with Gasteiger partial charge in [-0.3, -0.25) is 4.79 Å². The number of hydrazone groups is 1. The summed E-state index contributed by atoms with van der Waals surface area (Å²) in [4.78, 5) is 11.9. The second kappa shape index (κ2) is 8.14. The van der Waals surface area contributed by atoms with Crippen molar-refractivity contribution in [1.29, 1.82) is 0 Å². The van der Waals surface area contributed by atoms with Crippen LogP contribution in [0.3, 0.4) is 0 Å². The fourth-order valence-electron chi connectivity index (χ4n) is 2.21. The van der Waals surface area contributed by atoms with E-state index in [0.29, 0.717) is 16.5 Å². The van der Waals surface area contributed by atoms with E-state index in [-0.39, 0.29) is 12.3 Å². The van der Waals surface area contributed by atoms with Crippen LogP contribution in [0.25, 0.3) is 11.3 Å². The average Bonchev–Trinajstić information content (AvgIpc) is 3.06. The summed E-state index contributed by atoms with van der Waals surface area (Å²) in [5, 5.41) is 4.57. The van der Waals surface area contributed by atoms with E-state index in [1.807, 2.05) is 48.5 Å². The molecular weight excluding hydrogens is 404 g/mol. The standard InChI is InChI=1S/C19H14BrClN2O2/c20-15-6-4-13(5-7-15)10-19(24)23-22-12-17-8-9-18(25-17)14-2-1-3-16(21)11-14/h1-9,11-12H,10H2,(H,23,24)/b22-12-. The third kappa shape index (κ3) is 5.05. The van der Waals surface area contributed by atoms with E-state index in [1.165, 1.54) is 6.21 Å². The van der Waals surface area contributed by atoms with E-state index < -0.39 is 0 Å². The van der Waals surface area contributed by atoms with Gasteiger partial charge in [0.15, 0.2) is 0 Å². The van der Waals surface area contributed by atoms with Gasteiger partial charge in [0.05, 0.1) is 12.6 Å². The maximum Gasteiger partial charge on any atom is 0.244 e. The molecule has 1 heterocycles. The molecule has 0 aliphatic heterocycles. The molecule has 0 fully saturated rings. The molecule has 3 rings (SSSR count). The zero-order chi connectivity index (χ0) is 17.6. The fraction of sp³-hybridized carbons (Fsp3) is 0.0526. The van der Waals surface area contributed by atoms with E-state index in [4.69, 9.17) is 16.0 Å². The predicted molar refractivity (Wildman–Crippen MR) is 103 cm³/mol. The number of halogens is 2. The molecule has 1 aromatic heterocycles. The molecule has 2 aromatic carbocycles. The van der Waals surface area contributed by atoms with Crippen molar-refractivity contribution in [2.75, 3.05) is 0 Å². The minimum absolute atomic E-state index is 0.194. The zero-order valence-electron chi connectivity index (χ0n) is 13.1. The van der Waals surface area contributed by atoms with Gasteiger partial charge in [0.2, 0.25) is 5.91 Å². The number of nitrogens with zero attached hydrogens (tertiary/aromatic N) is 1. The van der Waals surface area contributed by atoms with Crippen molar-refractivity contribution in [1.82, 2.24) is 5.43 Å². The van der Waals surface area contributed by atoms with Gasteiger partial charge < -0.3 is 4.42 Å². The van der Waals surface area contributed by atoms with Crippen LogP contribution in [0.2, 0.25) is 5.02 Å². The molecule has 0 atom stereocenters. The van der Waals surface area contributed by atoms with Crippen LogP contribution in [0, 0.1) is 0 Å². The molecule has 0 spiro atoms. The highest BCUT2D eigenvalue weighted by atomic mass is 79.9. The van der Waals surface area contributed by atoms with Crippen molar-refractivity contribution in [2.24, 2.45) is 5.10 Å². The van der Waals surface area contributed by atoms with Crippen molar-refractivity contribution >= 4 is 39.7 Å². The van der Waals surface area contributed by atoms with Gasteiger partial charge in [-0.25, -0.2) is 5.43 Å². The molecule has 4 nitrogen and oxygen atoms in total. The van der Waals surface area contributed by atoms with Crippen LogP contribution in [0.5, 0.6) is 0 Å². The normalized spacial score (nSPS) is 11.0. The summed E-state index contributed by atoms with van der Waals surface area (Å²) >= 11 is 9.34. The number of benzene rings is 2. The van der Waals surface area contributed by atoms with E-state index in [9.17, 15) is 4.79 Å². The average molecular weight is 418 g/mol. The van der Waals surface area contributed by atoms with Crippen molar-refractivity contribution in [3.05, 3.63) is 81.5 Å². The second-order valence-electron chi connectivity index (χ2n) is 5.31. The van der Waals surface area contributed by atoms with Gasteiger partial charge in [0.25, 0.3) is 0 Å². The lowest BCUT2D eigenvalue weighted by molar-refractivity contribution is -0.120. The van der Waals surface area contributed by atoms with Crippen LogP contribution < -0.4 is 5.43 Å². The Balaban J connectivity index is 1.57. The number of nitrogens with one attached hydrogen (secondary N) is 1. The van der Waals surface area contributed by atoms with Gasteiger partial charge in [-0.2, -0.15) is 5.10 Å². The van der Waals surface area contributed by atoms with Crippen LogP contribution in [0.1, 0.15) is 11.3 Å². The Kier molecular flexibility index (Phi) is 5.68. The van der Waals surface area contributed by atoms with E-state index >= 15 is 0 Å². The summed E-state index contributed by atoms with van der Waals surface area (Å²) in [6, 6.07) is 18.6. The van der Waals surface area contributed by atoms with Crippen LogP contribution in [-0.2, 0) is 11.2 Å². The smallest absolute Gasteiger partial charge is 0.244 e. The van der Waals surface area contributed by atoms with Crippen molar-refractivity contribution in [3.63, 3.8) is 0 Å². The van der Waals surface area contributed by atoms with Crippen LogP contribution >= 0.6 is 27.5 Å². The number of amides is 1. The topological polar surface area (TPSA) is 54.6 Å². The lowest BCUT2D eigenvalue weighted by Crippen LogP contribution is -2.19. The van der Waals surface area contributed by atoms with E-state index in [1.54, 1.807) is 12.1 Å². The molecule has 0 saturated carbocycles. The summed E-state index contributed by atoms with van der Waals surface area (Å²) in [5.41, 5.74) is 4.29. The highest BCUT2D eigenvalue weighted by molar-refractivity contribution is 9.10. The Bertz CT molecular complexity index is 904. The van der Waals surface area contributed by atoms with Crippen LogP contribution in [0.15, 0.2) is 74.7 Å². The number of furan rings is 1. The first-order valence-corrected chi connectivity index (χ1v) is 8.69. The Morgan fingerprint density at radius 1 is 1.16 bits per heavy atom. The molecule has 6 heteroatoms. The minimum Gasteiger partial charge on any atom is -0.455 e. The molecule has 1 amide bonds. The molecule has 0 saturated heterocycles. The molecule has 0 aliphatic rings. The maximum absolute atomic E-state index is 11.9. The monoisotopic (exact) mass is 416 g/mol. The third-order valence-electron chi connectivity index (χ3n) is 3.39. The van der Waals surface area contributed by atoms with Gasteiger partial charge >= 0.3 is 0 Å². The minimum atomic E-state index is -0.194. The summed E-state index contributed by atoms with van der Waals surface area (Å²) in [7, 11) is 0. The molecule has 0 bridgehead atoms. The summed E-state index contributed by atoms with van der Waals surface area (Å²) < 4.78 is 6.65. The quantitative estimate of drug-likeness (QED) is 0.466. The zero-order valence-corrected chi connectivity index (χ0v) is 15.4. The highest BCUT2D eigenvalue weighted by Crippen LogP contribution is 2.24. The lowest BCUT2D eigenvalue weighted by atomic mass is 10.1. The molecule has 3 aromatic rings. The first-order valence-electron chi connectivity index (χ1n) is 7.52. The number of rotatable bonds is 5. The fourth-order valence-corrected chi connectivity index (χ4v) is 2.67. The summed E-state index contributed by atoms with van der Waals surface area (Å²) in [6.07, 6.45) is 1.73.